The van der Waals surface area contributed by atoms with Crippen molar-refractivity contribution in [3.63, 3.8) is 0 Å². The molecule has 0 saturated heterocycles. The second-order valence-electron chi connectivity index (χ2n) is 8.16. The first-order valence-electron chi connectivity index (χ1n) is 10.7. The number of ether oxygens (including phenoxy) is 1. The molecule has 9 nitrogen and oxygen atoms in total. The quantitative estimate of drug-likeness (QED) is 0.365. The summed E-state index contributed by atoms with van der Waals surface area (Å²) in [5.74, 6) is -1.28. The molecule has 0 aliphatic carbocycles. The molecule has 1 aliphatic rings. The Balaban J connectivity index is 1.63. The molecular weight excluding hydrogens is 436 g/mol. The van der Waals surface area contributed by atoms with Crippen molar-refractivity contribution in [3.05, 3.63) is 75.7 Å². The molecular formula is C25H22N4O5. The zero-order valence-corrected chi connectivity index (χ0v) is 18.9. The van der Waals surface area contributed by atoms with Crippen LogP contribution < -0.4 is 15.9 Å². The minimum atomic E-state index is -0.486. The summed E-state index contributed by atoms with van der Waals surface area (Å²) in [7, 11) is 4.86. The normalized spacial score (nSPS) is 13.2. The number of amides is 3. The highest BCUT2D eigenvalue weighted by molar-refractivity contribution is 6.36. The van der Waals surface area contributed by atoms with Crippen molar-refractivity contribution in [1.82, 2.24) is 14.5 Å². The van der Waals surface area contributed by atoms with Gasteiger partial charge >= 0.3 is 5.69 Å². The number of fused-ring (bicyclic) bond motifs is 1. The van der Waals surface area contributed by atoms with E-state index in [1.54, 1.807) is 69.7 Å². The predicted octanol–water partition coefficient (Wildman–Crippen LogP) is 2.21. The molecule has 5 rings (SSSR count). The molecule has 0 radical (unpaired) electrons. The van der Waals surface area contributed by atoms with Gasteiger partial charge in [-0.1, -0.05) is 12.1 Å². The van der Waals surface area contributed by atoms with Crippen LogP contribution in [-0.4, -0.2) is 47.1 Å². The molecule has 0 saturated carbocycles. The topological polar surface area (TPSA) is 103 Å². The van der Waals surface area contributed by atoms with Gasteiger partial charge in [0.1, 0.15) is 0 Å². The van der Waals surface area contributed by atoms with Crippen LogP contribution in [0.5, 0.6) is 0 Å². The maximum absolute atomic E-state index is 13.5. The number of aromatic nitrogens is 2. The van der Waals surface area contributed by atoms with E-state index < -0.39 is 11.8 Å². The van der Waals surface area contributed by atoms with Crippen LogP contribution >= 0.6 is 0 Å². The van der Waals surface area contributed by atoms with Crippen molar-refractivity contribution in [1.29, 1.82) is 0 Å². The van der Waals surface area contributed by atoms with E-state index in [2.05, 4.69) is 5.32 Å². The Morgan fingerprint density at radius 1 is 0.912 bits per heavy atom. The smallest absolute Gasteiger partial charge is 0.328 e. The van der Waals surface area contributed by atoms with Gasteiger partial charge < -0.3 is 10.1 Å². The van der Waals surface area contributed by atoms with Crippen LogP contribution in [0.3, 0.4) is 0 Å². The third-order valence-electron chi connectivity index (χ3n) is 6.26. The summed E-state index contributed by atoms with van der Waals surface area (Å²) >= 11 is 0. The Kier molecular flexibility index (Phi) is 5.06. The Morgan fingerprint density at radius 3 is 2.35 bits per heavy atom. The number of carbonyl (C=O) groups excluding carboxylic acids is 3. The van der Waals surface area contributed by atoms with E-state index in [1.807, 2.05) is 0 Å². The summed E-state index contributed by atoms with van der Waals surface area (Å²) in [6.45, 7) is 0.713. The molecule has 0 fully saturated rings. The monoisotopic (exact) mass is 458 g/mol. The van der Waals surface area contributed by atoms with Crippen LogP contribution in [-0.2, 0) is 18.8 Å². The van der Waals surface area contributed by atoms with E-state index in [-0.39, 0.29) is 11.6 Å². The van der Waals surface area contributed by atoms with Crippen LogP contribution in [0.1, 0.15) is 31.1 Å². The Hall–Kier alpha value is -4.24. The zero-order valence-electron chi connectivity index (χ0n) is 18.9. The molecule has 0 unspecified atom stereocenters. The second-order valence-corrected chi connectivity index (χ2v) is 8.16. The number of imidazole rings is 1. The number of rotatable bonds is 5. The molecule has 2 heterocycles. The third-order valence-corrected chi connectivity index (χ3v) is 6.26. The average molecular weight is 458 g/mol. The molecule has 34 heavy (non-hydrogen) atoms. The van der Waals surface area contributed by atoms with Crippen LogP contribution in [0.4, 0.5) is 5.69 Å². The van der Waals surface area contributed by atoms with Crippen molar-refractivity contribution < 1.29 is 19.1 Å². The van der Waals surface area contributed by atoms with Crippen LogP contribution in [0.2, 0.25) is 0 Å². The van der Waals surface area contributed by atoms with E-state index in [0.29, 0.717) is 57.3 Å². The van der Waals surface area contributed by atoms with Gasteiger partial charge in [0, 0.05) is 49.8 Å². The molecule has 1 N–H and O–H groups in total. The fourth-order valence-electron chi connectivity index (χ4n) is 4.52. The summed E-state index contributed by atoms with van der Waals surface area (Å²) in [5, 5.41) is 3.77. The van der Waals surface area contributed by atoms with Crippen molar-refractivity contribution in [3.8, 4) is 0 Å². The lowest BCUT2D eigenvalue weighted by Gasteiger charge is -2.28. The molecule has 1 aromatic heterocycles. The van der Waals surface area contributed by atoms with Crippen molar-refractivity contribution in [2.75, 3.05) is 25.2 Å². The minimum Gasteiger partial charge on any atom is -0.383 e. The van der Waals surface area contributed by atoms with E-state index in [9.17, 15) is 19.2 Å². The second kappa shape index (κ2) is 7.96. The van der Waals surface area contributed by atoms with Gasteiger partial charge in [-0.3, -0.25) is 23.5 Å². The van der Waals surface area contributed by atoms with Gasteiger partial charge in [0.25, 0.3) is 17.7 Å². The number of nitrogens with zero attached hydrogens (tertiary/aromatic N) is 3. The SMILES string of the molecule is COCCNC(=O)c1ccc2c3c(cccc13)C(=O)N(c1ccc3c(c1)n(C)c(=O)n3C)C2=O. The number of methoxy groups -OCH3 is 1. The number of carbonyl (C=O) groups is 3. The molecule has 0 spiro atoms. The average Bonchev–Trinajstić information content (AvgIpc) is 3.06. The van der Waals surface area contributed by atoms with Gasteiger partial charge in [-0.2, -0.15) is 0 Å². The van der Waals surface area contributed by atoms with Gasteiger partial charge in [0.15, 0.2) is 0 Å². The van der Waals surface area contributed by atoms with Crippen LogP contribution in [0, 0.1) is 0 Å². The molecule has 1 aliphatic heterocycles. The molecule has 0 atom stereocenters. The first kappa shape index (κ1) is 21.6. The first-order valence-corrected chi connectivity index (χ1v) is 10.7. The number of imide groups is 1. The Morgan fingerprint density at radius 2 is 1.62 bits per heavy atom. The zero-order chi connectivity index (χ0) is 24.1. The maximum Gasteiger partial charge on any atom is 0.328 e. The van der Waals surface area contributed by atoms with Gasteiger partial charge in [-0.05, 0) is 41.8 Å². The van der Waals surface area contributed by atoms with Crippen LogP contribution in [0.25, 0.3) is 21.8 Å². The van der Waals surface area contributed by atoms with E-state index in [1.165, 1.54) is 9.13 Å². The highest BCUT2D eigenvalue weighted by atomic mass is 16.5. The number of nitrogens with one attached hydrogen (secondary N) is 1. The Bertz CT molecular complexity index is 1560. The lowest BCUT2D eigenvalue weighted by atomic mass is 9.90. The largest absolute Gasteiger partial charge is 0.383 e. The number of aryl methyl sites for hydroxylation is 2. The minimum absolute atomic E-state index is 0.199. The predicted molar refractivity (Wildman–Crippen MR) is 127 cm³/mol. The summed E-state index contributed by atoms with van der Waals surface area (Å²) in [6.07, 6.45) is 0. The van der Waals surface area contributed by atoms with Gasteiger partial charge in [-0.15, -0.1) is 0 Å². The first-order chi connectivity index (χ1) is 16.3. The Labute approximate surface area is 194 Å². The van der Waals surface area contributed by atoms with E-state index in [0.717, 1.165) is 4.90 Å². The fourth-order valence-corrected chi connectivity index (χ4v) is 4.52. The standard InChI is InChI=1S/C25H22N4O5/c1-27-19-10-7-14(13-20(19)28(2)25(27)33)29-23(31)17-6-4-5-15-16(22(30)26-11-12-34-3)8-9-18(21(15)17)24(29)32/h4-10,13H,11-12H2,1-3H3,(H,26,30). The maximum atomic E-state index is 13.5. The van der Waals surface area contributed by atoms with Gasteiger partial charge in [0.2, 0.25) is 0 Å². The highest BCUT2D eigenvalue weighted by Gasteiger charge is 2.35. The molecule has 9 heteroatoms. The summed E-state index contributed by atoms with van der Waals surface area (Å²) in [4.78, 5) is 53.2. The molecule has 172 valence electrons. The van der Waals surface area contributed by atoms with Crippen molar-refractivity contribution >= 4 is 45.2 Å². The van der Waals surface area contributed by atoms with E-state index >= 15 is 0 Å². The fraction of sp³-hybridized carbons (Fsp3) is 0.200. The lowest BCUT2D eigenvalue weighted by Crippen LogP contribution is -2.40. The lowest BCUT2D eigenvalue weighted by molar-refractivity contribution is 0.0889. The number of hydrogen-bond donors (Lipinski definition) is 1. The molecule has 4 aromatic rings. The third kappa shape index (κ3) is 3.05. The molecule has 3 aromatic carbocycles. The molecule has 3 amide bonds. The number of benzene rings is 3. The summed E-state index contributed by atoms with van der Waals surface area (Å²) in [5.41, 5.74) is 2.52. The van der Waals surface area contributed by atoms with Gasteiger partial charge in [0.05, 0.1) is 23.3 Å². The van der Waals surface area contributed by atoms with Crippen LogP contribution in [0.15, 0.2) is 53.3 Å². The molecule has 0 bridgehead atoms. The van der Waals surface area contributed by atoms with Gasteiger partial charge in [-0.25, -0.2) is 9.69 Å². The van der Waals surface area contributed by atoms with Crippen molar-refractivity contribution in [2.45, 2.75) is 0 Å². The van der Waals surface area contributed by atoms with Crippen molar-refractivity contribution in [2.24, 2.45) is 14.1 Å². The highest BCUT2D eigenvalue weighted by Crippen LogP contribution is 2.35. The number of hydrogen-bond acceptors (Lipinski definition) is 5. The van der Waals surface area contributed by atoms with E-state index in [4.69, 9.17) is 4.74 Å². The summed E-state index contributed by atoms with van der Waals surface area (Å²) < 4.78 is 7.96. The number of anilines is 1. The summed E-state index contributed by atoms with van der Waals surface area (Å²) in [6, 6.07) is 13.3.